The van der Waals surface area contributed by atoms with Crippen molar-refractivity contribution in [3.63, 3.8) is 0 Å². The molecule has 2 N–H and O–H groups in total. The molecule has 7 nitrogen and oxygen atoms in total. The summed E-state index contributed by atoms with van der Waals surface area (Å²) in [6.45, 7) is 1.67. The van der Waals surface area contributed by atoms with Gasteiger partial charge in [0.15, 0.2) is 0 Å². The Morgan fingerprint density at radius 3 is 2.47 bits per heavy atom. The number of hydrogen-bond donors (Lipinski definition) is 2. The van der Waals surface area contributed by atoms with Crippen molar-refractivity contribution < 1.29 is 21.6 Å². The molecule has 0 fully saturated rings. The molecule has 0 aliphatic heterocycles. The Labute approximate surface area is 176 Å². The van der Waals surface area contributed by atoms with Crippen LogP contribution in [0, 0.1) is 6.92 Å². The number of alkyl halides is 3. The highest BCUT2D eigenvalue weighted by molar-refractivity contribution is 7.90. The van der Waals surface area contributed by atoms with Crippen molar-refractivity contribution in [2.75, 3.05) is 24.1 Å². The van der Waals surface area contributed by atoms with E-state index in [0.29, 0.717) is 10.9 Å². The molecule has 0 aliphatic carbocycles. The molecule has 0 aliphatic rings. The number of nitrogens with zero attached hydrogens (tertiary/aromatic N) is 3. The van der Waals surface area contributed by atoms with Gasteiger partial charge in [0.05, 0.1) is 21.8 Å². The van der Waals surface area contributed by atoms with Gasteiger partial charge in [0.2, 0.25) is 0 Å². The molecule has 0 unspecified atom stereocenters. The number of aromatic nitrogens is 2. The van der Waals surface area contributed by atoms with E-state index in [9.17, 15) is 21.6 Å². The monoisotopic (exact) mass is 459 g/mol. The van der Waals surface area contributed by atoms with Crippen molar-refractivity contribution >= 4 is 50.0 Å². The molecule has 12 heteroatoms. The van der Waals surface area contributed by atoms with Crippen LogP contribution in [0.5, 0.6) is 0 Å². The average molecular weight is 460 g/mol. The zero-order chi connectivity index (χ0) is 22.3. The largest absolute Gasteiger partial charge is 0.416 e. The van der Waals surface area contributed by atoms with Gasteiger partial charge in [-0.15, -0.1) is 0 Å². The second-order valence-corrected chi connectivity index (χ2v) is 8.88. The minimum absolute atomic E-state index is 0.0413. The Balaban J connectivity index is 2.05. The van der Waals surface area contributed by atoms with Crippen molar-refractivity contribution in [1.82, 2.24) is 14.3 Å². The fourth-order valence-electron chi connectivity index (χ4n) is 2.57. The van der Waals surface area contributed by atoms with Crippen LogP contribution in [0.3, 0.4) is 0 Å². The van der Waals surface area contributed by atoms with E-state index >= 15 is 0 Å². The van der Waals surface area contributed by atoms with Gasteiger partial charge in [-0.1, -0.05) is 11.6 Å². The lowest BCUT2D eigenvalue weighted by atomic mass is 10.1. The maximum atomic E-state index is 12.9. The SMILES string of the molecule is Cc1cc2c(NS(=O)(=O)N(C)C)ccc(Cl)c2nc1Nc1cc(C(F)(F)F)ccn1. The Morgan fingerprint density at radius 2 is 1.83 bits per heavy atom. The summed E-state index contributed by atoms with van der Waals surface area (Å²) in [5.41, 5.74) is 0.240. The van der Waals surface area contributed by atoms with E-state index in [1.54, 1.807) is 13.0 Å². The van der Waals surface area contributed by atoms with Crippen molar-refractivity contribution in [3.05, 3.63) is 52.7 Å². The zero-order valence-electron chi connectivity index (χ0n) is 16.0. The summed E-state index contributed by atoms with van der Waals surface area (Å²) in [5.74, 6) is 0.198. The molecule has 1 aromatic carbocycles. The van der Waals surface area contributed by atoms with Crippen LogP contribution in [0.1, 0.15) is 11.1 Å². The predicted octanol–water partition coefficient (Wildman–Crippen LogP) is 4.57. The standard InChI is InChI=1S/C18H17ClF3N5O2S/c1-10-8-12-14(26-30(28,29)27(2)3)5-4-13(19)16(12)25-17(10)24-15-9-11(6-7-23-15)18(20,21)22/h4-9,26H,1-3H3,(H,23,24,25). The normalized spacial score (nSPS) is 12.4. The van der Waals surface area contributed by atoms with Crippen LogP contribution in [0.25, 0.3) is 10.9 Å². The van der Waals surface area contributed by atoms with E-state index in [0.717, 1.165) is 22.6 Å². The lowest BCUT2D eigenvalue weighted by Gasteiger charge is -2.17. The average Bonchev–Trinajstić information content (AvgIpc) is 2.64. The summed E-state index contributed by atoms with van der Waals surface area (Å²) in [5, 5.41) is 3.45. The van der Waals surface area contributed by atoms with E-state index in [-0.39, 0.29) is 27.9 Å². The van der Waals surface area contributed by atoms with E-state index in [1.165, 1.54) is 26.2 Å². The Hall–Kier alpha value is -2.63. The van der Waals surface area contributed by atoms with Gasteiger partial charge < -0.3 is 5.32 Å². The number of pyridine rings is 2. The highest BCUT2D eigenvalue weighted by Crippen LogP contribution is 2.34. The van der Waals surface area contributed by atoms with E-state index in [1.807, 2.05) is 0 Å². The maximum Gasteiger partial charge on any atom is 0.416 e. The number of nitrogens with one attached hydrogen (secondary N) is 2. The minimum atomic E-state index is -4.51. The first-order valence-corrected chi connectivity index (χ1v) is 10.3. The fraction of sp³-hybridized carbons (Fsp3) is 0.222. The molecule has 0 spiro atoms. The van der Waals surface area contributed by atoms with E-state index in [2.05, 4.69) is 20.0 Å². The first kappa shape index (κ1) is 22.1. The van der Waals surface area contributed by atoms with Crippen LogP contribution < -0.4 is 10.0 Å². The van der Waals surface area contributed by atoms with Gasteiger partial charge in [-0.05, 0) is 42.8 Å². The number of rotatable bonds is 5. The molecule has 0 bridgehead atoms. The van der Waals surface area contributed by atoms with Crippen molar-refractivity contribution in [2.45, 2.75) is 13.1 Å². The van der Waals surface area contributed by atoms with Gasteiger partial charge >= 0.3 is 16.4 Å². The molecular weight excluding hydrogens is 443 g/mol. The zero-order valence-corrected chi connectivity index (χ0v) is 17.6. The first-order valence-electron chi connectivity index (χ1n) is 8.49. The van der Waals surface area contributed by atoms with Gasteiger partial charge in [-0.2, -0.15) is 25.9 Å². The molecule has 0 saturated heterocycles. The fourth-order valence-corrected chi connectivity index (χ4v) is 3.41. The molecule has 3 rings (SSSR count). The molecule has 2 aromatic heterocycles. The summed E-state index contributed by atoms with van der Waals surface area (Å²) >= 11 is 6.23. The molecule has 2 heterocycles. The molecule has 3 aromatic rings. The van der Waals surface area contributed by atoms with Crippen molar-refractivity contribution in [2.24, 2.45) is 0 Å². The summed E-state index contributed by atoms with van der Waals surface area (Å²) < 4.78 is 66.6. The minimum Gasteiger partial charge on any atom is -0.325 e. The third-order valence-electron chi connectivity index (χ3n) is 4.18. The van der Waals surface area contributed by atoms with Crippen LogP contribution in [0.4, 0.5) is 30.5 Å². The summed E-state index contributed by atoms with van der Waals surface area (Å²) in [6.07, 6.45) is -3.46. The second-order valence-electron chi connectivity index (χ2n) is 6.59. The molecular formula is C18H17ClF3N5O2S. The molecule has 0 saturated carbocycles. The van der Waals surface area contributed by atoms with Crippen LogP contribution >= 0.6 is 11.6 Å². The lowest BCUT2D eigenvalue weighted by Crippen LogP contribution is -2.29. The topological polar surface area (TPSA) is 87.2 Å². The number of hydrogen-bond acceptors (Lipinski definition) is 5. The first-order chi connectivity index (χ1) is 13.9. The molecule has 160 valence electrons. The summed E-state index contributed by atoms with van der Waals surface area (Å²) in [4.78, 5) is 8.28. The van der Waals surface area contributed by atoms with Crippen LogP contribution in [-0.4, -0.2) is 36.8 Å². The van der Waals surface area contributed by atoms with Gasteiger partial charge in [-0.3, -0.25) is 4.72 Å². The predicted molar refractivity (Wildman–Crippen MR) is 110 cm³/mol. The van der Waals surface area contributed by atoms with Crippen molar-refractivity contribution in [3.8, 4) is 0 Å². The number of halogens is 4. The number of anilines is 3. The third kappa shape index (κ3) is 4.58. The maximum absolute atomic E-state index is 12.9. The smallest absolute Gasteiger partial charge is 0.325 e. The Kier molecular flexibility index (Phi) is 5.81. The van der Waals surface area contributed by atoms with Crippen LogP contribution in [0.2, 0.25) is 5.02 Å². The highest BCUT2D eigenvalue weighted by atomic mass is 35.5. The summed E-state index contributed by atoms with van der Waals surface area (Å²) in [7, 11) is -1.000. The Bertz CT molecular complexity index is 1220. The summed E-state index contributed by atoms with van der Waals surface area (Å²) in [6, 6.07) is 6.36. The van der Waals surface area contributed by atoms with Crippen LogP contribution in [0.15, 0.2) is 36.5 Å². The number of fused-ring (bicyclic) bond motifs is 1. The quantitative estimate of drug-likeness (QED) is 0.583. The highest BCUT2D eigenvalue weighted by Gasteiger charge is 2.30. The lowest BCUT2D eigenvalue weighted by molar-refractivity contribution is -0.137. The van der Waals surface area contributed by atoms with Crippen LogP contribution in [-0.2, 0) is 16.4 Å². The van der Waals surface area contributed by atoms with Gasteiger partial charge in [0.1, 0.15) is 11.6 Å². The molecule has 0 atom stereocenters. The van der Waals surface area contributed by atoms with Gasteiger partial charge in [0.25, 0.3) is 0 Å². The molecule has 0 amide bonds. The number of aryl methyl sites for hydroxylation is 1. The van der Waals surface area contributed by atoms with E-state index in [4.69, 9.17) is 11.6 Å². The third-order valence-corrected chi connectivity index (χ3v) is 5.92. The molecule has 30 heavy (non-hydrogen) atoms. The van der Waals surface area contributed by atoms with Crippen molar-refractivity contribution in [1.29, 1.82) is 0 Å². The van der Waals surface area contributed by atoms with Gasteiger partial charge in [0, 0.05) is 25.7 Å². The van der Waals surface area contributed by atoms with Gasteiger partial charge in [-0.25, -0.2) is 9.97 Å². The molecule has 0 radical (unpaired) electrons. The Morgan fingerprint density at radius 1 is 1.13 bits per heavy atom. The van der Waals surface area contributed by atoms with E-state index < -0.39 is 21.9 Å². The number of benzene rings is 1. The second kappa shape index (κ2) is 7.89.